The minimum atomic E-state index is 0.448. The molecular weight excluding hydrogens is 248 g/mol. The van der Waals surface area contributed by atoms with Gasteiger partial charge in [-0.25, -0.2) is 0 Å². The zero-order valence-electron chi connectivity index (χ0n) is 8.07. The molecule has 1 aliphatic rings. The molecule has 1 aromatic rings. The van der Waals surface area contributed by atoms with Gasteiger partial charge in [-0.15, -0.1) is 5.10 Å². The fourth-order valence-corrected chi connectivity index (χ4v) is 2.08. The standard InChI is InChI=1S/C9H13BrN2O2/c1-13-9-8(10)6-12(11-9)7-2-4-14-5-3-7/h6-7H,2-5H2,1H3. The van der Waals surface area contributed by atoms with Crippen LogP contribution < -0.4 is 4.74 Å². The Morgan fingerprint density at radius 1 is 1.57 bits per heavy atom. The Balaban J connectivity index is 2.14. The van der Waals surface area contributed by atoms with Gasteiger partial charge in [-0.05, 0) is 28.8 Å². The quantitative estimate of drug-likeness (QED) is 0.817. The largest absolute Gasteiger partial charge is 0.479 e. The number of halogens is 1. The molecule has 1 aromatic heterocycles. The summed E-state index contributed by atoms with van der Waals surface area (Å²) < 4.78 is 13.3. The molecule has 1 fully saturated rings. The molecular formula is C9H13BrN2O2. The van der Waals surface area contributed by atoms with Crippen molar-refractivity contribution in [1.29, 1.82) is 0 Å². The van der Waals surface area contributed by atoms with Crippen molar-refractivity contribution in [3.05, 3.63) is 10.7 Å². The van der Waals surface area contributed by atoms with Gasteiger partial charge >= 0.3 is 0 Å². The Bertz CT molecular complexity index is 308. The Kier molecular flexibility index (Phi) is 3.08. The van der Waals surface area contributed by atoms with Crippen LogP contribution in [-0.4, -0.2) is 30.1 Å². The maximum Gasteiger partial charge on any atom is 0.247 e. The van der Waals surface area contributed by atoms with Crippen molar-refractivity contribution >= 4 is 15.9 Å². The van der Waals surface area contributed by atoms with Crippen molar-refractivity contribution in [3.63, 3.8) is 0 Å². The summed E-state index contributed by atoms with van der Waals surface area (Å²) in [4.78, 5) is 0. The van der Waals surface area contributed by atoms with Crippen LogP contribution in [0.15, 0.2) is 10.7 Å². The van der Waals surface area contributed by atoms with Crippen molar-refractivity contribution < 1.29 is 9.47 Å². The van der Waals surface area contributed by atoms with E-state index in [0.717, 1.165) is 30.5 Å². The molecule has 1 saturated heterocycles. The molecule has 2 rings (SSSR count). The molecule has 1 aliphatic heterocycles. The normalized spacial score (nSPS) is 18.4. The first-order valence-electron chi connectivity index (χ1n) is 4.67. The molecule has 0 saturated carbocycles. The first kappa shape index (κ1) is 9.98. The van der Waals surface area contributed by atoms with Crippen LogP contribution in [0.3, 0.4) is 0 Å². The minimum Gasteiger partial charge on any atom is -0.479 e. The van der Waals surface area contributed by atoms with Gasteiger partial charge < -0.3 is 9.47 Å². The number of hydrogen-bond acceptors (Lipinski definition) is 3. The van der Waals surface area contributed by atoms with E-state index in [2.05, 4.69) is 21.0 Å². The molecule has 0 spiro atoms. The van der Waals surface area contributed by atoms with Crippen LogP contribution in [0.1, 0.15) is 18.9 Å². The number of rotatable bonds is 2. The number of aromatic nitrogens is 2. The van der Waals surface area contributed by atoms with E-state index in [1.807, 2.05) is 10.9 Å². The molecule has 78 valence electrons. The first-order chi connectivity index (χ1) is 6.81. The van der Waals surface area contributed by atoms with Crippen molar-refractivity contribution in [1.82, 2.24) is 9.78 Å². The van der Waals surface area contributed by atoms with E-state index in [0.29, 0.717) is 11.9 Å². The summed E-state index contributed by atoms with van der Waals surface area (Å²) >= 11 is 3.40. The van der Waals surface area contributed by atoms with Gasteiger partial charge in [0, 0.05) is 19.4 Å². The lowest BCUT2D eigenvalue weighted by Gasteiger charge is -2.21. The summed E-state index contributed by atoms with van der Waals surface area (Å²) in [5, 5.41) is 4.34. The van der Waals surface area contributed by atoms with Crippen LogP contribution in [-0.2, 0) is 4.74 Å². The van der Waals surface area contributed by atoms with Gasteiger partial charge in [-0.1, -0.05) is 0 Å². The highest BCUT2D eigenvalue weighted by Gasteiger charge is 2.18. The predicted octanol–water partition coefficient (Wildman–Crippen LogP) is 2.01. The van der Waals surface area contributed by atoms with Crippen LogP contribution in [0.4, 0.5) is 0 Å². The Morgan fingerprint density at radius 2 is 2.29 bits per heavy atom. The lowest BCUT2D eigenvalue weighted by molar-refractivity contribution is 0.0659. The molecule has 4 nitrogen and oxygen atoms in total. The van der Waals surface area contributed by atoms with Crippen LogP contribution in [0.5, 0.6) is 5.88 Å². The van der Waals surface area contributed by atoms with Crippen molar-refractivity contribution in [2.45, 2.75) is 18.9 Å². The van der Waals surface area contributed by atoms with Crippen LogP contribution >= 0.6 is 15.9 Å². The summed E-state index contributed by atoms with van der Waals surface area (Å²) in [5.41, 5.74) is 0. The van der Waals surface area contributed by atoms with Crippen molar-refractivity contribution in [2.24, 2.45) is 0 Å². The van der Waals surface area contributed by atoms with Gasteiger partial charge in [0.2, 0.25) is 5.88 Å². The Morgan fingerprint density at radius 3 is 2.86 bits per heavy atom. The molecule has 0 aliphatic carbocycles. The van der Waals surface area contributed by atoms with E-state index >= 15 is 0 Å². The number of nitrogens with zero attached hydrogens (tertiary/aromatic N) is 2. The number of methoxy groups -OCH3 is 1. The second-order valence-electron chi connectivity index (χ2n) is 3.31. The van der Waals surface area contributed by atoms with Gasteiger partial charge in [0.15, 0.2) is 0 Å². The molecule has 0 amide bonds. The van der Waals surface area contributed by atoms with Gasteiger partial charge in [0.1, 0.15) is 0 Å². The third-order valence-electron chi connectivity index (χ3n) is 2.41. The fourth-order valence-electron chi connectivity index (χ4n) is 1.63. The molecule has 5 heteroatoms. The molecule has 14 heavy (non-hydrogen) atoms. The summed E-state index contributed by atoms with van der Waals surface area (Å²) in [7, 11) is 1.63. The minimum absolute atomic E-state index is 0.448. The van der Waals surface area contributed by atoms with E-state index in [1.165, 1.54) is 0 Å². The maximum absolute atomic E-state index is 5.30. The molecule has 0 radical (unpaired) electrons. The fraction of sp³-hybridized carbons (Fsp3) is 0.667. The van der Waals surface area contributed by atoms with Gasteiger partial charge in [-0.2, -0.15) is 0 Å². The molecule has 0 bridgehead atoms. The van der Waals surface area contributed by atoms with E-state index < -0.39 is 0 Å². The van der Waals surface area contributed by atoms with Crippen molar-refractivity contribution in [3.8, 4) is 5.88 Å². The topological polar surface area (TPSA) is 36.3 Å². The third-order valence-corrected chi connectivity index (χ3v) is 2.96. The van der Waals surface area contributed by atoms with Crippen LogP contribution in [0.2, 0.25) is 0 Å². The number of ether oxygens (including phenoxy) is 2. The molecule has 2 heterocycles. The molecule has 0 N–H and O–H groups in total. The van der Waals surface area contributed by atoms with Gasteiger partial charge in [-0.3, -0.25) is 4.68 Å². The highest BCUT2D eigenvalue weighted by Crippen LogP contribution is 2.27. The molecule has 0 unspecified atom stereocenters. The predicted molar refractivity (Wildman–Crippen MR) is 55.6 cm³/mol. The first-order valence-corrected chi connectivity index (χ1v) is 5.47. The monoisotopic (exact) mass is 260 g/mol. The van der Waals surface area contributed by atoms with Crippen LogP contribution in [0.25, 0.3) is 0 Å². The highest BCUT2D eigenvalue weighted by molar-refractivity contribution is 9.10. The second-order valence-corrected chi connectivity index (χ2v) is 4.16. The summed E-state index contributed by atoms with van der Waals surface area (Å²) in [6.07, 6.45) is 4.02. The van der Waals surface area contributed by atoms with Gasteiger partial charge in [0.25, 0.3) is 0 Å². The zero-order chi connectivity index (χ0) is 9.97. The molecule has 0 aromatic carbocycles. The zero-order valence-corrected chi connectivity index (χ0v) is 9.66. The smallest absolute Gasteiger partial charge is 0.247 e. The summed E-state index contributed by atoms with van der Waals surface area (Å²) in [6.45, 7) is 1.65. The van der Waals surface area contributed by atoms with Crippen LogP contribution in [0, 0.1) is 0 Å². The van der Waals surface area contributed by atoms with Gasteiger partial charge in [0.05, 0.1) is 17.6 Å². The lowest BCUT2D eigenvalue weighted by atomic mass is 10.1. The number of hydrogen-bond donors (Lipinski definition) is 0. The lowest BCUT2D eigenvalue weighted by Crippen LogP contribution is -2.19. The Labute approximate surface area is 91.3 Å². The summed E-state index contributed by atoms with van der Waals surface area (Å²) in [5.74, 6) is 0.650. The van der Waals surface area contributed by atoms with E-state index in [-0.39, 0.29) is 0 Å². The van der Waals surface area contributed by atoms with Crippen molar-refractivity contribution in [2.75, 3.05) is 20.3 Å². The van der Waals surface area contributed by atoms with E-state index in [9.17, 15) is 0 Å². The SMILES string of the molecule is COc1nn(C2CCOCC2)cc1Br. The highest BCUT2D eigenvalue weighted by atomic mass is 79.9. The average Bonchev–Trinajstić information content (AvgIpc) is 2.61. The van der Waals surface area contributed by atoms with E-state index in [4.69, 9.17) is 9.47 Å². The Hall–Kier alpha value is -0.550. The van der Waals surface area contributed by atoms with E-state index in [1.54, 1.807) is 7.11 Å². The second kappa shape index (κ2) is 4.31. The maximum atomic E-state index is 5.30. The third kappa shape index (κ3) is 1.93. The average molecular weight is 261 g/mol. The molecule has 0 atom stereocenters. The summed E-state index contributed by atoms with van der Waals surface area (Å²) in [6, 6.07) is 0.448.